The molecule has 12 heteroatoms. The summed E-state index contributed by atoms with van der Waals surface area (Å²) in [7, 11) is 0. The molecule has 4 unspecified atom stereocenters. The van der Waals surface area contributed by atoms with Gasteiger partial charge in [0.25, 0.3) is 0 Å². The lowest BCUT2D eigenvalue weighted by atomic mass is 10.0. The van der Waals surface area contributed by atoms with Crippen LogP contribution in [0.5, 0.6) is 0 Å². The van der Waals surface area contributed by atoms with Crippen molar-refractivity contribution in [1.82, 2.24) is 16.0 Å². The predicted octanol–water partition coefficient (Wildman–Crippen LogP) is -2.03. The van der Waals surface area contributed by atoms with Crippen molar-refractivity contribution in [2.45, 2.75) is 50.4 Å². The van der Waals surface area contributed by atoms with Gasteiger partial charge in [-0.15, -0.1) is 0 Å². The largest absolute Gasteiger partial charge is 0.481 e. The number of carbonyl (C=O) groups is 5. The Morgan fingerprint density at radius 1 is 1.00 bits per heavy atom. The van der Waals surface area contributed by atoms with Crippen molar-refractivity contribution in [2.24, 2.45) is 5.73 Å². The number of nitrogens with one attached hydrogen (secondary N) is 3. The number of amides is 3. The van der Waals surface area contributed by atoms with Gasteiger partial charge in [-0.05, 0) is 18.9 Å². The molecule has 0 heterocycles. The predicted molar refractivity (Wildman–Crippen MR) is 111 cm³/mol. The van der Waals surface area contributed by atoms with Gasteiger partial charge < -0.3 is 37.0 Å². The van der Waals surface area contributed by atoms with Crippen molar-refractivity contribution in [3.63, 3.8) is 0 Å². The fourth-order valence-electron chi connectivity index (χ4n) is 2.66. The Morgan fingerprint density at radius 2 is 1.62 bits per heavy atom. The van der Waals surface area contributed by atoms with Gasteiger partial charge in [0, 0.05) is 12.8 Å². The van der Waals surface area contributed by atoms with Gasteiger partial charge in [0.1, 0.15) is 6.04 Å². The van der Waals surface area contributed by atoms with Crippen LogP contribution in [0.4, 0.5) is 0 Å². The fraction of sp³-hybridized carbons (Fsp3) is 0.450. The molecule has 0 aromatic heterocycles. The summed E-state index contributed by atoms with van der Waals surface area (Å²) in [5, 5.41) is 34.2. The molecule has 8 N–H and O–H groups in total. The van der Waals surface area contributed by atoms with Crippen LogP contribution < -0.4 is 21.7 Å². The van der Waals surface area contributed by atoms with E-state index in [1.54, 1.807) is 30.3 Å². The van der Waals surface area contributed by atoms with Crippen molar-refractivity contribution >= 4 is 29.7 Å². The molecular formula is C20H28N4O8. The number of nitrogens with two attached hydrogens (primary N) is 1. The number of aliphatic carboxylic acids is 2. The highest BCUT2D eigenvalue weighted by atomic mass is 16.4. The van der Waals surface area contributed by atoms with Crippen LogP contribution in [0.1, 0.15) is 25.3 Å². The highest BCUT2D eigenvalue weighted by Gasteiger charge is 2.29. The van der Waals surface area contributed by atoms with Crippen molar-refractivity contribution in [2.75, 3.05) is 6.54 Å². The summed E-state index contributed by atoms with van der Waals surface area (Å²) in [4.78, 5) is 58.6. The first-order valence-corrected chi connectivity index (χ1v) is 9.80. The minimum absolute atomic E-state index is 0.0244. The van der Waals surface area contributed by atoms with E-state index in [0.29, 0.717) is 5.56 Å². The van der Waals surface area contributed by atoms with Gasteiger partial charge in [0.2, 0.25) is 17.7 Å². The zero-order valence-electron chi connectivity index (χ0n) is 17.5. The molecule has 32 heavy (non-hydrogen) atoms. The molecule has 0 aliphatic carbocycles. The molecule has 0 bridgehead atoms. The van der Waals surface area contributed by atoms with Crippen LogP contribution in [0, 0.1) is 0 Å². The molecule has 0 saturated carbocycles. The minimum atomic E-state index is -1.58. The standard InChI is InChI=1S/C20H28N4O8/c1-11(25)17(20(31)32)24-19(30)14(9-12-5-3-2-4-6-12)23-15(26)10-22-18(29)13(21)7-8-16(27)28/h2-6,11,13-14,17,25H,7-10,21H2,1H3,(H,22,29)(H,23,26)(H,24,30)(H,27,28)(H,31,32). The molecule has 12 nitrogen and oxygen atoms in total. The van der Waals surface area contributed by atoms with Gasteiger partial charge in [0.05, 0.1) is 18.7 Å². The molecule has 0 aliphatic heterocycles. The number of carboxylic acid groups (broad SMARTS) is 2. The number of carboxylic acids is 2. The van der Waals surface area contributed by atoms with Crippen molar-refractivity contribution < 1.29 is 39.3 Å². The molecule has 1 aromatic carbocycles. The zero-order chi connectivity index (χ0) is 24.3. The highest BCUT2D eigenvalue weighted by Crippen LogP contribution is 2.05. The van der Waals surface area contributed by atoms with E-state index in [1.165, 1.54) is 6.92 Å². The van der Waals surface area contributed by atoms with Crippen LogP contribution in [-0.4, -0.2) is 75.8 Å². The third kappa shape index (κ3) is 9.53. The summed E-state index contributed by atoms with van der Waals surface area (Å²) in [6.07, 6.45) is -1.78. The Balaban J connectivity index is 2.79. The lowest BCUT2D eigenvalue weighted by molar-refractivity contribution is -0.145. The van der Waals surface area contributed by atoms with E-state index in [9.17, 15) is 29.1 Å². The number of benzene rings is 1. The second kappa shape index (κ2) is 13.0. The van der Waals surface area contributed by atoms with E-state index in [1.807, 2.05) is 0 Å². The van der Waals surface area contributed by atoms with Crippen LogP contribution >= 0.6 is 0 Å². The van der Waals surface area contributed by atoms with Crippen molar-refractivity contribution in [3.05, 3.63) is 35.9 Å². The second-order valence-electron chi connectivity index (χ2n) is 7.13. The van der Waals surface area contributed by atoms with Gasteiger partial charge in [-0.1, -0.05) is 30.3 Å². The summed E-state index contributed by atoms with van der Waals surface area (Å²) in [6, 6.07) is 4.73. The third-order valence-electron chi connectivity index (χ3n) is 4.41. The number of aliphatic hydroxyl groups is 1. The van der Waals surface area contributed by atoms with E-state index in [2.05, 4.69) is 16.0 Å². The number of carbonyl (C=O) groups excluding carboxylic acids is 3. The smallest absolute Gasteiger partial charge is 0.328 e. The van der Waals surface area contributed by atoms with E-state index < -0.39 is 60.4 Å². The van der Waals surface area contributed by atoms with Crippen molar-refractivity contribution in [1.29, 1.82) is 0 Å². The lowest BCUT2D eigenvalue weighted by Crippen LogP contribution is -2.56. The molecule has 0 aliphatic rings. The van der Waals surface area contributed by atoms with Gasteiger partial charge in [0.15, 0.2) is 6.04 Å². The molecule has 1 aromatic rings. The Bertz CT molecular complexity index is 815. The maximum absolute atomic E-state index is 12.6. The average Bonchev–Trinajstić information content (AvgIpc) is 2.73. The van der Waals surface area contributed by atoms with Crippen LogP contribution in [0.3, 0.4) is 0 Å². The zero-order valence-corrected chi connectivity index (χ0v) is 17.5. The van der Waals surface area contributed by atoms with E-state index in [4.69, 9.17) is 15.9 Å². The van der Waals surface area contributed by atoms with Gasteiger partial charge >= 0.3 is 11.9 Å². The monoisotopic (exact) mass is 452 g/mol. The summed E-state index contributed by atoms with van der Waals surface area (Å²) in [5.41, 5.74) is 6.24. The SMILES string of the molecule is CC(O)C(NC(=O)C(Cc1ccccc1)NC(=O)CNC(=O)C(N)CCC(=O)O)C(=O)O. The molecule has 0 saturated heterocycles. The summed E-state index contributed by atoms with van der Waals surface area (Å²) in [5.74, 6) is -4.87. The third-order valence-corrected chi connectivity index (χ3v) is 4.41. The first-order valence-electron chi connectivity index (χ1n) is 9.80. The van der Waals surface area contributed by atoms with Crippen molar-refractivity contribution in [3.8, 4) is 0 Å². The molecule has 1 rings (SSSR count). The Labute approximate surface area is 184 Å². The normalized spacial score (nSPS) is 14.3. The van der Waals surface area contributed by atoms with Crippen LogP contribution in [0.2, 0.25) is 0 Å². The maximum Gasteiger partial charge on any atom is 0.328 e. The topological polar surface area (TPSA) is 208 Å². The number of hydrogen-bond acceptors (Lipinski definition) is 7. The summed E-state index contributed by atoms with van der Waals surface area (Å²) in [6.45, 7) is 0.671. The quantitative estimate of drug-likeness (QED) is 0.176. The van der Waals surface area contributed by atoms with Gasteiger partial charge in [-0.3, -0.25) is 19.2 Å². The fourth-order valence-corrected chi connectivity index (χ4v) is 2.66. The number of hydrogen-bond donors (Lipinski definition) is 7. The number of aliphatic hydroxyl groups excluding tert-OH is 1. The Kier molecular flexibility index (Phi) is 10.8. The van der Waals surface area contributed by atoms with Crippen LogP contribution in [-0.2, 0) is 30.4 Å². The van der Waals surface area contributed by atoms with Crippen LogP contribution in [0.25, 0.3) is 0 Å². The van der Waals surface area contributed by atoms with Crippen LogP contribution in [0.15, 0.2) is 30.3 Å². The average molecular weight is 452 g/mol. The molecule has 0 fully saturated rings. The van der Waals surface area contributed by atoms with E-state index in [0.717, 1.165) is 0 Å². The number of rotatable bonds is 13. The first-order chi connectivity index (χ1) is 15.0. The Morgan fingerprint density at radius 3 is 2.16 bits per heavy atom. The molecule has 176 valence electrons. The minimum Gasteiger partial charge on any atom is -0.481 e. The second-order valence-corrected chi connectivity index (χ2v) is 7.13. The molecule has 0 spiro atoms. The van der Waals surface area contributed by atoms with Gasteiger partial charge in [-0.25, -0.2) is 4.79 Å². The molecule has 0 radical (unpaired) electrons. The summed E-state index contributed by atoms with van der Waals surface area (Å²) >= 11 is 0. The van der Waals surface area contributed by atoms with E-state index in [-0.39, 0.29) is 19.3 Å². The first kappa shape index (κ1) is 26.5. The Hall–Kier alpha value is -3.51. The lowest BCUT2D eigenvalue weighted by Gasteiger charge is -2.23. The maximum atomic E-state index is 12.6. The highest BCUT2D eigenvalue weighted by molar-refractivity contribution is 5.92. The van der Waals surface area contributed by atoms with Gasteiger partial charge in [-0.2, -0.15) is 0 Å². The van der Waals surface area contributed by atoms with E-state index >= 15 is 0 Å². The molecular weight excluding hydrogens is 424 g/mol. The molecule has 3 amide bonds. The summed E-state index contributed by atoms with van der Waals surface area (Å²) < 4.78 is 0. The molecule has 4 atom stereocenters.